The second kappa shape index (κ2) is 32.2. The highest BCUT2D eigenvalue weighted by Crippen LogP contribution is 2.44. The zero-order valence-corrected chi connectivity index (χ0v) is 52.6. The Morgan fingerprint density at radius 1 is 0.762 bits per heavy atom. The van der Waals surface area contributed by atoms with Gasteiger partial charge in [0.15, 0.2) is 12.2 Å². The number of esters is 3. The number of aliphatic hydroxyl groups is 1. The molecule has 0 spiro atoms. The van der Waals surface area contributed by atoms with Gasteiger partial charge in [0.05, 0.1) is 16.5 Å². The number of ether oxygens (including phenoxy) is 3. The van der Waals surface area contributed by atoms with Crippen LogP contribution in [0.5, 0.6) is 0 Å². The highest BCUT2D eigenvalue weighted by molar-refractivity contribution is 14.1. The van der Waals surface area contributed by atoms with E-state index in [0.29, 0.717) is 27.2 Å². The van der Waals surface area contributed by atoms with Crippen LogP contribution in [0, 0.1) is 45.7 Å². The first-order valence-corrected chi connectivity index (χ1v) is 27.7. The molecule has 0 radical (unpaired) electrons. The summed E-state index contributed by atoms with van der Waals surface area (Å²) in [6.07, 6.45) is -10.3. The van der Waals surface area contributed by atoms with E-state index < -0.39 is 96.1 Å². The molecular weight excluding hydrogens is 1440 g/mol. The Kier molecular flexibility index (Phi) is 31.8. The van der Waals surface area contributed by atoms with Crippen LogP contribution in [0.4, 0.5) is 62.8 Å². The summed E-state index contributed by atoms with van der Waals surface area (Å²) in [7, 11) is 0. The Labute approximate surface area is 499 Å². The lowest BCUT2D eigenvalue weighted by Gasteiger charge is -2.37. The fourth-order valence-corrected chi connectivity index (χ4v) is 9.93. The molecule has 1 aliphatic rings. The third-order valence-electron chi connectivity index (χ3n) is 13.0. The van der Waals surface area contributed by atoms with E-state index in [9.17, 15) is 86.5 Å². The number of hydrogen-bond acceptors (Lipinski definition) is 11. The number of terminal acetylenes is 1. The van der Waals surface area contributed by atoms with Gasteiger partial charge in [0.25, 0.3) is 0 Å². The van der Waals surface area contributed by atoms with Crippen molar-refractivity contribution < 1.29 is 106 Å². The molecular formula is C53H69F13I3NO10-2. The van der Waals surface area contributed by atoms with Crippen LogP contribution in [0.15, 0.2) is 30.3 Å². The van der Waals surface area contributed by atoms with E-state index in [2.05, 4.69) is 44.9 Å². The predicted molar refractivity (Wildman–Crippen MR) is 294 cm³/mol. The number of nitrogen functional groups attached to an aromatic ring is 1. The second-order valence-electron chi connectivity index (χ2n) is 20.6. The van der Waals surface area contributed by atoms with Crippen molar-refractivity contribution in [2.45, 2.75) is 195 Å². The standard InChI is InChI=1S/C16H18F6O3.C15H24O2.C11H11I3NO3.C8H13F3O2.C3H4F4/c1-4-13(2,3)11-7-5-10(6-8-11)9-25-12(23)14(24,15(17,18)19)16(20,21)22;1-6-14(4,5)13(16)17-15(7-2)10-8-12(3)9-11-15;1-2-4(11(17)18)10(16)7-5(12)3-6(13)9(15)8(7)14;1-4-7(2,3)6(12)13-5-8(9,10)11;1-3(6,7)2(4)5/h5-8,24H,4,9H2,1-3H3;2,12H,6,8-11H2,1,3-5H3;3-4,10H,2,15H2,1H3,(H,17,18);4-5H2,1-3H3;2H,1H3/q;;-1;;/p-1. The third kappa shape index (κ3) is 24.6. The first-order chi connectivity index (χ1) is 36.0. The topological polar surface area (TPSA) is 188 Å². The average Bonchev–Trinajstić information content (AvgIpc) is 3.34. The van der Waals surface area contributed by atoms with Crippen molar-refractivity contribution in [3.8, 4) is 12.3 Å². The molecule has 0 aliphatic heterocycles. The van der Waals surface area contributed by atoms with E-state index in [1.54, 1.807) is 45.9 Å². The first kappa shape index (κ1) is 78.9. The van der Waals surface area contributed by atoms with Crippen LogP contribution < -0.4 is 15.9 Å². The van der Waals surface area contributed by atoms with E-state index >= 15 is 0 Å². The predicted octanol–water partition coefficient (Wildman–Crippen LogP) is 13.5. The summed E-state index contributed by atoms with van der Waals surface area (Å²) in [5.74, 6) is -6.55. The number of aliphatic carboxylic acids is 1. The SMILES string of the molecule is C#CC1(OC(=O)C(C)(C)CC)CCC(C)CC1.CC(F)(F)C(F)F.CCC(C(=O)[O-])C([O-])c1c(I)cc(I)c(N)c1I.CCC(C)(C)C(=O)OCC(F)(F)F.CCC(C)(C)c1ccc(COC(=O)C(O)(C(F)(F)F)C(F)(F)F)cc1. The molecule has 1 saturated carbocycles. The molecule has 3 N–H and O–H groups in total. The summed E-state index contributed by atoms with van der Waals surface area (Å²) < 4.78 is 170. The molecule has 0 bridgehead atoms. The summed E-state index contributed by atoms with van der Waals surface area (Å²) in [5.41, 5.74) is 0.326. The van der Waals surface area contributed by atoms with Crippen molar-refractivity contribution in [1.29, 1.82) is 0 Å². The fraction of sp³-hybridized carbons (Fsp3) is 0.660. The van der Waals surface area contributed by atoms with Crippen LogP contribution in [-0.2, 0) is 45.4 Å². The zero-order valence-electron chi connectivity index (χ0n) is 46.1. The lowest BCUT2D eigenvalue weighted by molar-refractivity contribution is -0.444. The molecule has 0 aromatic heterocycles. The zero-order chi connectivity index (χ0) is 63.6. The van der Waals surface area contributed by atoms with Gasteiger partial charge in [-0.3, -0.25) is 9.59 Å². The number of nitrogens with two attached hydrogens (primary N) is 1. The molecule has 3 rings (SSSR count). The van der Waals surface area contributed by atoms with Crippen molar-refractivity contribution in [3.05, 3.63) is 57.7 Å². The van der Waals surface area contributed by atoms with E-state index in [1.807, 2.05) is 86.7 Å². The molecule has 1 fully saturated rings. The normalized spacial score (nSPS) is 16.9. The number of rotatable bonds is 16. The number of carbonyl (C=O) groups is 4. The van der Waals surface area contributed by atoms with Gasteiger partial charge >= 0.3 is 54.4 Å². The van der Waals surface area contributed by atoms with Gasteiger partial charge in [-0.15, -0.1) is 6.42 Å². The number of alkyl halides is 13. The number of hydrogen-bond donors (Lipinski definition) is 2. The maximum Gasteiger partial charge on any atom is 0.437 e. The lowest BCUT2D eigenvalue weighted by atomic mass is 9.79. The Bertz CT molecular complexity index is 2330. The van der Waals surface area contributed by atoms with Crippen LogP contribution in [-0.4, -0.2) is 77.7 Å². The van der Waals surface area contributed by atoms with Crippen molar-refractivity contribution in [3.63, 3.8) is 0 Å². The second-order valence-corrected chi connectivity index (χ2v) is 24.0. The van der Waals surface area contributed by atoms with Gasteiger partial charge in [0, 0.05) is 23.6 Å². The largest absolute Gasteiger partial charge is 0.848 e. The molecule has 27 heteroatoms. The van der Waals surface area contributed by atoms with Gasteiger partial charge in [-0.05, 0) is 187 Å². The molecule has 2 atom stereocenters. The Morgan fingerprint density at radius 2 is 1.20 bits per heavy atom. The maximum absolute atomic E-state index is 12.5. The molecule has 2 aromatic carbocycles. The smallest absolute Gasteiger partial charge is 0.437 e. The van der Waals surface area contributed by atoms with Crippen molar-refractivity contribution in [2.24, 2.45) is 22.7 Å². The Hall–Kier alpha value is -3.12. The van der Waals surface area contributed by atoms with Gasteiger partial charge in [-0.2, -0.15) is 39.5 Å². The summed E-state index contributed by atoms with van der Waals surface area (Å²) in [5, 5.41) is 32.2. The van der Waals surface area contributed by atoms with Crippen molar-refractivity contribution in [2.75, 3.05) is 12.3 Å². The van der Waals surface area contributed by atoms with Gasteiger partial charge in [0.2, 0.25) is 0 Å². The number of carboxylic acids is 1. The summed E-state index contributed by atoms with van der Waals surface area (Å²) in [6.45, 7) is 18.2. The quantitative estimate of drug-likeness (QED) is 0.0406. The van der Waals surface area contributed by atoms with Gasteiger partial charge in [-0.1, -0.05) is 84.8 Å². The highest BCUT2D eigenvalue weighted by atomic mass is 127. The van der Waals surface area contributed by atoms with Crippen LogP contribution in [0.1, 0.15) is 157 Å². The summed E-state index contributed by atoms with van der Waals surface area (Å²) in [4.78, 5) is 45.4. The number of carbonyl (C=O) groups excluding carboxylic acids is 4. The summed E-state index contributed by atoms with van der Waals surface area (Å²) in [6, 6.07) is 7.94. The number of halogens is 16. The van der Waals surface area contributed by atoms with Gasteiger partial charge in [-0.25, -0.2) is 22.4 Å². The van der Waals surface area contributed by atoms with E-state index in [-0.39, 0.29) is 30.3 Å². The van der Waals surface area contributed by atoms with Crippen LogP contribution >= 0.6 is 67.8 Å². The van der Waals surface area contributed by atoms with E-state index in [0.717, 1.165) is 51.2 Å². The first-order valence-electron chi connectivity index (χ1n) is 24.5. The molecule has 1 aliphatic carbocycles. The Balaban J connectivity index is 0. The average molecular weight is 1510 g/mol. The lowest BCUT2D eigenvalue weighted by Crippen LogP contribution is -2.62. The van der Waals surface area contributed by atoms with Gasteiger partial charge in [0.1, 0.15) is 6.61 Å². The minimum atomic E-state index is -6.25. The molecule has 80 heavy (non-hydrogen) atoms. The fourth-order valence-electron chi connectivity index (χ4n) is 5.94. The van der Waals surface area contributed by atoms with Crippen LogP contribution in [0.2, 0.25) is 0 Å². The van der Waals surface area contributed by atoms with Crippen molar-refractivity contribution >= 4 is 97.3 Å². The summed E-state index contributed by atoms with van der Waals surface area (Å²) >= 11 is 6.13. The third-order valence-corrected chi connectivity index (χ3v) is 15.9. The van der Waals surface area contributed by atoms with E-state index in [1.165, 1.54) is 12.1 Å². The minimum absolute atomic E-state index is 0.160. The van der Waals surface area contributed by atoms with Crippen molar-refractivity contribution in [1.82, 2.24) is 0 Å². The minimum Gasteiger partial charge on any atom is -0.848 e. The van der Waals surface area contributed by atoms with E-state index in [4.69, 9.17) is 22.0 Å². The van der Waals surface area contributed by atoms with Crippen LogP contribution in [0.3, 0.4) is 0 Å². The maximum atomic E-state index is 12.5. The molecule has 460 valence electrons. The number of benzene rings is 2. The Morgan fingerprint density at radius 3 is 1.55 bits per heavy atom. The molecule has 2 aromatic rings. The molecule has 11 nitrogen and oxygen atoms in total. The monoisotopic (exact) mass is 1510 g/mol. The van der Waals surface area contributed by atoms with Crippen LogP contribution in [0.25, 0.3) is 0 Å². The van der Waals surface area contributed by atoms with Gasteiger partial charge < -0.3 is 40.1 Å². The highest BCUT2D eigenvalue weighted by Gasteiger charge is 2.76. The molecule has 0 heterocycles. The molecule has 0 saturated heterocycles. The molecule has 2 unspecified atom stereocenters. The molecule has 0 amide bonds. The number of carboxylic acid groups (broad SMARTS) is 1. The number of anilines is 1.